The monoisotopic (exact) mass is 126 g/mol. The number of nitrogens with zero attached hydrogens (tertiary/aromatic N) is 1. The summed E-state index contributed by atoms with van der Waals surface area (Å²) in [6.07, 6.45) is 3.89. The summed E-state index contributed by atoms with van der Waals surface area (Å²) in [6.45, 7) is 1.92. The molecule has 1 rings (SSSR count). The average molecular weight is 126 g/mol. The topological polar surface area (TPSA) is 52.0 Å². The first-order valence-electron chi connectivity index (χ1n) is 2.93. The van der Waals surface area contributed by atoms with Crippen LogP contribution < -0.4 is 5.73 Å². The van der Waals surface area contributed by atoms with Crippen LogP contribution in [0.1, 0.15) is 12.8 Å². The molecule has 2 N–H and O–H groups in total. The van der Waals surface area contributed by atoms with E-state index < -0.39 is 0 Å². The summed E-state index contributed by atoms with van der Waals surface area (Å²) >= 11 is 0. The summed E-state index contributed by atoms with van der Waals surface area (Å²) in [6, 6.07) is 0.128. The highest BCUT2D eigenvalue weighted by molar-refractivity contribution is 4.82. The van der Waals surface area contributed by atoms with Crippen molar-refractivity contribution in [2.45, 2.75) is 19.4 Å². The number of hydrogen-bond acceptors (Lipinski definition) is 3. The van der Waals surface area contributed by atoms with Crippen LogP contribution in [0.15, 0.2) is 16.9 Å². The Morgan fingerprint density at radius 1 is 1.89 bits per heavy atom. The minimum atomic E-state index is 0.128. The average Bonchev–Trinajstić information content (AvgIpc) is 2.15. The first kappa shape index (κ1) is 6.29. The summed E-state index contributed by atoms with van der Waals surface area (Å²) < 4.78 is 4.95. The maximum atomic E-state index is 5.48. The summed E-state index contributed by atoms with van der Waals surface area (Å²) in [5.74, 6) is 0.713. The Balaban J connectivity index is 2.48. The lowest BCUT2D eigenvalue weighted by molar-refractivity contribution is 0.477. The van der Waals surface area contributed by atoms with E-state index in [0.717, 1.165) is 0 Å². The fraction of sp³-hybridized carbons (Fsp3) is 0.500. The van der Waals surface area contributed by atoms with E-state index in [-0.39, 0.29) is 6.04 Å². The molecule has 0 fully saturated rings. The smallest absolute Gasteiger partial charge is 0.195 e. The number of aromatic nitrogens is 1. The summed E-state index contributed by atoms with van der Waals surface area (Å²) in [4.78, 5) is 3.91. The molecule has 50 valence electrons. The zero-order chi connectivity index (χ0) is 6.69. The van der Waals surface area contributed by atoms with Crippen LogP contribution in [0.3, 0.4) is 0 Å². The second kappa shape index (κ2) is 2.64. The highest BCUT2D eigenvalue weighted by atomic mass is 16.3. The maximum Gasteiger partial charge on any atom is 0.195 e. The summed E-state index contributed by atoms with van der Waals surface area (Å²) in [7, 11) is 0. The van der Waals surface area contributed by atoms with Crippen molar-refractivity contribution in [3.8, 4) is 0 Å². The minimum absolute atomic E-state index is 0.128. The van der Waals surface area contributed by atoms with E-state index in [1.54, 1.807) is 12.5 Å². The van der Waals surface area contributed by atoms with Gasteiger partial charge in [0, 0.05) is 12.5 Å². The number of oxazole rings is 1. The predicted octanol–water partition coefficient (Wildman–Crippen LogP) is 0.564. The molecule has 0 saturated heterocycles. The van der Waals surface area contributed by atoms with Crippen LogP contribution in [0.5, 0.6) is 0 Å². The van der Waals surface area contributed by atoms with Crippen molar-refractivity contribution in [2.24, 2.45) is 5.73 Å². The van der Waals surface area contributed by atoms with Gasteiger partial charge in [0.05, 0.1) is 6.20 Å². The van der Waals surface area contributed by atoms with Crippen molar-refractivity contribution in [2.75, 3.05) is 0 Å². The van der Waals surface area contributed by atoms with Crippen molar-refractivity contribution >= 4 is 0 Å². The molecule has 0 amide bonds. The van der Waals surface area contributed by atoms with E-state index in [4.69, 9.17) is 10.2 Å². The van der Waals surface area contributed by atoms with E-state index in [0.29, 0.717) is 12.3 Å². The van der Waals surface area contributed by atoms with Gasteiger partial charge in [0.2, 0.25) is 0 Å². The lowest BCUT2D eigenvalue weighted by atomic mass is 10.2. The molecular formula is C6H10N2O. The van der Waals surface area contributed by atoms with Gasteiger partial charge < -0.3 is 10.2 Å². The van der Waals surface area contributed by atoms with Gasteiger partial charge in [-0.15, -0.1) is 0 Å². The number of rotatable bonds is 2. The largest absolute Gasteiger partial charge is 0.449 e. The van der Waals surface area contributed by atoms with Gasteiger partial charge in [0.15, 0.2) is 5.89 Å². The lowest BCUT2D eigenvalue weighted by Crippen LogP contribution is -2.17. The van der Waals surface area contributed by atoms with Crippen LogP contribution in [0.4, 0.5) is 0 Å². The fourth-order valence-electron chi connectivity index (χ4n) is 0.629. The van der Waals surface area contributed by atoms with E-state index in [1.807, 2.05) is 6.92 Å². The molecule has 0 spiro atoms. The molecule has 1 heterocycles. The highest BCUT2D eigenvalue weighted by Gasteiger charge is 1.99. The third-order valence-corrected chi connectivity index (χ3v) is 0.980. The van der Waals surface area contributed by atoms with Crippen molar-refractivity contribution < 1.29 is 4.42 Å². The summed E-state index contributed by atoms with van der Waals surface area (Å²) in [5.41, 5.74) is 5.48. The van der Waals surface area contributed by atoms with Gasteiger partial charge >= 0.3 is 0 Å². The second-order valence-electron chi connectivity index (χ2n) is 2.11. The predicted molar refractivity (Wildman–Crippen MR) is 33.9 cm³/mol. The van der Waals surface area contributed by atoms with Gasteiger partial charge in [-0.2, -0.15) is 0 Å². The molecule has 0 aliphatic carbocycles. The van der Waals surface area contributed by atoms with Gasteiger partial charge in [-0.05, 0) is 6.92 Å². The SMILES string of the molecule is C[C@@H](N)Cc1ncco1. The fourth-order valence-corrected chi connectivity index (χ4v) is 0.629. The zero-order valence-electron chi connectivity index (χ0n) is 5.37. The van der Waals surface area contributed by atoms with Crippen molar-refractivity contribution in [3.05, 3.63) is 18.4 Å². The molecule has 0 unspecified atom stereocenters. The van der Waals surface area contributed by atoms with Crippen LogP contribution in [-0.2, 0) is 6.42 Å². The normalized spacial score (nSPS) is 13.6. The Morgan fingerprint density at radius 2 is 2.67 bits per heavy atom. The lowest BCUT2D eigenvalue weighted by Gasteiger charge is -1.97. The standard InChI is InChI=1S/C6H10N2O/c1-5(7)4-6-8-2-3-9-6/h2-3,5H,4,7H2,1H3/t5-/m1/s1. The maximum absolute atomic E-state index is 5.48. The quantitative estimate of drug-likeness (QED) is 0.630. The van der Waals surface area contributed by atoms with Crippen LogP contribution in [0, 0.1) is 0 Å². The molecule has 9 heavy (non-hydrogen) atoms. The van der Waals surface area contributed by atoms with Gasteiger partial charge in [-0.3, -0.25) is 0 Å². The molecule has 0 aliphatic rings. The molecular weight excluding hydrogens is 116 g/mol. The van der Waals surface area contributed by atoms with Crippen molar-refractivity contribution in [1.82, 2.24) is 4.98 Å². The van der Waals surface area contributed by atoms with Crippen LogP contribution in [0.25, 0.3) is 0 Å². The van der Waals surface area contributed by atoms with Gasteiger partial charge in [0.25, 0.3) is 0 Å². The van der Waals surface area contributed by atoms with Gasteiger partial charge in [-0.25, -0.2) is 4.98 Å². The number of hydrogen-bond donors (Lipinski definition) is 1. The first-order valence-corrected chi connectivity index (χ1v) is 2.93. The molecule has 0 aromatic carbocycles. The molecule has 0 bridgehead atoms. The molecule has 1 aromatic rings. The Bertz CT molecular complexity index is 158. The van der Waals surface area contributed by atoms with E-state index in [1.165, 1.54) is 0 Å². The van der Waals surface area contributed by atoms with Crippen molar-refractivity contribution in [1.29, 1.82) is 0 Å². The first-order chi connectivity index (χ1) is 4.29. The van der Waals surface area contributed by atoms with Crippen LogP contribution in [-0.4, -0.2) is 11.0 Å². The third kappa shape index (κ3) is 1.85. The molecule has 0 saturated carbocycles. The van der Waals surface area contributed by atoms with Crippen molar-refractivity contribution in [3.63, 3.8) is 0 Å². The summed E-state index contributed by atoms with van der Waals surface area (Å²) in [5, 5.41) is 0. The Kier molecular flexibility index (Phi) is 1.85. The van der Waals surface area contributed by atoms with Crippen LogP contribution >= 0.6 is 0 Å². The zero-order valence-corrected chi connectivity index (χ0v) is 5.37. The number of nitrogens with two attached hydrogens (primary N) is 1. The Labute approximate surface area is 53.9 Å². The highest BCUT2D eigenvalue weighted by Crippen LogP contribution is 1.96. The van der Waals surface area contributed by atoms with E-state index in [2.05, 4.69) is 4.98 Å². The van der Waals surface area contributed by atoms with E-state index >= 15 is 0 Å². The molecule has 0 radical (unpaired) electrons. The minimum Gasteiger partial charge on any atom is -0.449 e. The third-order valence-electron chi connectivity index (χ3n) is 0.980. The molecule has 0 aliphatic heterocycles. The molecule has 3 nitrogen and oxygen atoms in total. The van der Waals surface area contributed by atoms with Crippen LogP contribution in [0.2, 0.25) is 0 Å². The second-order valence-corrected chi connectivity index (χ2v) is 2.11. The van der Waals surface area contributed by atoms with Gasteiger partial charge in [-0.1, -0.05) is 0 Å². The Hall–Kier alpha value is -0.830. The van der Waals surface area contributed by atoms with E-state index in [9.17, 15) is 0 Å². The molecule has 1 aromatic heterocycles. The molecule has 1 atom stereocenters. The Morgan fingerprint density at radius 3 is 3.11 bits per heavy atom. The molecule has 3 heteroatoms. The van der Waals surface area contributed by atoms with Gasteiger partial charge in [0.1, 0.15) is 6.26 Å².